The minimum absolute atomic E-state index is 0.151. The van der Waals surface area contributed by atoms with Crippen LogP contribution in [0.3, 0.4) is 0 Å². The molecule has 28 heavy (non-hydrogen) atoms. The van der Waals surface area contributed by atoms with E-state index in [0.717, 1.165) is 5.69 Å². The SMILES string of the molecule is CC(C)(C)OC(=O)N1CCC(O)(c2nc(CO[Si](C)(C)C(C)(C)C)cs2)CC1. The Morgan fingerprint density at radius 1 is 1.25 bits per heavy atom. The van der Waals surface area contributed by atoms with Crippen LogP contribution >= 0.6 is 11.3 Å². The first kappa shape index (κ1) is 23.3. The van der Waals surface area contributed by atoms with Gasteiger partial charge in [0.05, 0.1) is 12.3 Å². The topological polar surface area (TPSA) is 71.9 Å². The van der Waals surface area contributed by atoms with E-state index in [1.54, 1.807) is 4.90 Å². The van der Waals surface area contributed by atoms with Gasteiger partial charge in [-0.1, -0.05) is 20.8 Å². The monoisotopic (exact) mass is 428 g/mol. The molecule has 1 aliphatic heterocycles. The molecule has 2 rings (SSSR count). The first-order valence-corrected chi connectivity index (χ1v) is 13.7. The molecule has 0 aliphatic carbocycles. The van der Waals surface area contributed by atoms with Crippen LogP contribution in [0.1, 0.15) is 65.1 Å². The number of thiazole rings is 1. The molecule has 8 heteroatoms. The Balaban J connectivity index is 1.95. The Hall–Kier alpha value is -0.963. The molecule has 160 valence electrons. The maximum absolute atomic E-state index is 12.2. The zero-order valence-electron chi connectivity index (χ0n) is 18.6. The molecule has 1 N–H and O–H groups in total. The van der Waals surface area contributed by atoms with Gasteiger partial charge in [-0.3, -0.25) is 0 Å². The van der Waals surface area contributed by atoms with Crippen molar-refractivity contribution in [3.8, 4) is 0 Å². The van der Waals surface area contributed by atoms with E-state index in [0.29, 0.717) is 37.5 Å². The van der Waals surface area contributed by atoms with Gasteiger partial charge in [-0.15, -0.1) is 11.3 Å². The average molecular weight is 429 g/mol. The van der Waals surface area contributed by atoms with Crippen LogP contribution in [-0.2, 0) is 21.4 Å². The second-order valence-corrected chi connectivity index (χ2v) is 15.9. The summed E-state index contributed by atoms with van der Waals surface area (Å²) >= 11 is 1.47. The predicted molar refractivity (Wildman–Crippen MR) is 115 cm³/mol. The van der Waals surface area contributed by atoms with E-state index in [2.05, 4.69) is 38.8 Å². The summed E-state index contributed by atoms with van der Waals surface area (Å²) in [5.41, 5.74) is -0.634. The molecule has 0 unspecified atom stereocenters. The number of aliphatic hydroxyl groups is 1. The Morgan fingerprint density at radius 2 is 1.82 bits per heavy atom. The summed E-state index contributed by atoms with van der Waals surface area (Å²) in [6.07, 6.45) is 0.599. The van der Waals surface area contributed by atoms with Crippen LogP contribution in [-0.4, -0.2) is 48.1 Å². The van der Waals surface area contributed by atoms with Crippen molar-refractivity contribution < 1.29 is 19.1 Å². The number of hydrogen-bond acceptors (Lipinski definition) is 6. The molecule has 1 saturated heterocycles. The summed E-state index contributed by atoms with van der Waals surface area (Å²) in [4.78, 5) is 18.5. The summed E-state index contributed by atoms with van der Waals surface area (Å²) < 4.78 is 11.7. The van der Waals surface area contributed by atoms with E-state index in [1.807, 2.05) is 26.2 Å². The zero-order valence-corrected chi connectivity index (χ0v) is 20.4. The number of carbonyl (C=O) groups excluding carboxylic acids is 1. The second kappa shape index (κ2) is 8.05. The molecular formula is C20H36N2O4SSi. The maximum atomic E-state index is 12.2. The van der Waals surface area contributed by atoms with Crippen LogP contribution in [0.4, 0.5) is 4.79 Å². The van der Waals surface area contributed by atoms with Gasteiger partial charge < -0.3 is 19.2 Å². The highest BCUT2D eigenvalue weighted by Crippen LogP contribution is 2.38. The lowest BCUT2D eigenvalue weighted by Crippen LogP contribution is -2.46. The second-order valence-electron chi connectivity index (χ2n) is 10.2. The van der Waals surface area contributed by atoms with Gasteiger partial charge >= 0.3 is 6.09 Å². The first-order chi connectivity index (χ1) is 12.6. The summed E-state index contributed by atoms with van der Waals surface area (Å²) in [6, 6.07) is 0. The average Bonchev–Trinajstić information content (AvgIpc) is 3.01. The molecule has 1 aromatic heterocycles. The fraction of sp³-hybridized carbons (Fsp3) is 0.800. The normalized spacial score (nSPS) is 18.2. The van der Waals surface area contributed by atoms with Gasteiger partial charge in [-0.25, -0.2) is 9.78 Å². The lowest BCUT2D eigenvalue weighted by atomic mass is 9.92. The third-order valence-electron chi connectivity index (χ3n) is 5.58. The summed E-state index contributed by atoms with van der Waals surface area (Å²) in [7, 11) is -1.83. The van der Waals surface area contributed by atoms with Gasteiger partial charge in [0.2, 0.25) is 0 Å². The van der Waals surface area contributed by atoms with Crippen molar-refractivity contribution in [3.63, 3.8) is 0 Å². The first-order valence-electron chi connectivity index (χ1n) is 9.92. The van der Waals surface area contributed by atoms with Crippen molar-refractivity contribution in [2.24, 2.45) is 0 Å². The van der Waals surface area contributed by atoms with Crippen LogP contribution in [0.25, 0.3) is 0 Å². The van der Waals surface area contributed by atoms with E-state index < -0.39 is 19.5 Å². The van der Waals surface area contributed by atoms with E-state index >= 15 is 0 Å². The molecular weight excluding hydrogens is 392 g/mol. The molecule has 1 aromatic rings. The van der Waals surface area contributed by atoms with Crippen molar-refractivity contribution in [1.82, 2.24) is 9.88 Å². The minimum atomic E-state index is -1.83. The summed E-state index contributed by atoms with van der Waals surface area (Å²) in [5.74, 6) is 0. The number of nitrogens with zero attached hydrogens (tertiary/aromatic N) is 2. The van der Waals surface area contributed by atoms with Crippen molar-refractivity contribution in [2.45, 2.75) is 90.3 Å². The number of likely N-dealkylation sites (tertiary alicyclic amines) is 1. The molecule has 0 aromatic carbocycles. The van der Waals surface area contributed by atoms with E-state index in [9.17, 15) is 9.90 Å². The van der Waals surface area contributed by atoms with Crippen LogP contribution in [0, 0.1) is 0 Å². The Labute approximate surface area is 174 Å². The molecule has 0 bridgehead atoms. The number of piperidine rings is 1. The maximum Gasteiger partial charge on any atom is 0.410 e. The Kier molecular flexibility index (Phi) is 6.70. The van der Waals surface area contributed by atoms with Crippen molar-refractivity contribution in [2.75, 3.05) is 13.1 Å². The molecule has 6 nitrogen and oxygen atoms in total. The molecule has 2 heterocycles. The van der Waals surface area contributed by atoms with Gasteiger partial charge in [-0.2, -0.15) is 0 Å². The molecule has 1 amide bonds. The molecule has 0 atom stereocenters. The van der Waals surface area contributed by atoms with Crippen LogP contribution in [0.2, 0.25) is 18.1 Å². The van der Waals surface area contributed by atoms with Gasteiger partial charge in [0.25, 0.3) is 0 Å². The summed E-state index contributed by atoms with van der Waals surface area (Å²) in [5, 5.41) is 13.9. The smallest absolute Gasteiger partial charge is 0.410 e. The van der Waals surface area contributed by atoms with E-state index in [4.69, 9.17) is 9.16 Å². The number of ether oxygens (including phenoxy) is 1. The fourth-order valence-corrected chi connectivity index (χ4v) is 4.56. The van der Waals surface area contributed by atoms with Gasteiger partial charge in [0, 0.05) is 31.3 Å². The van der Waals surface area contributed by atoms with Gasteiger partial charge in [0.1, 0.15) is 16.2 Å². The fourth-order valence-electron chi connectivity index (χ4n) is 2.66. The van der Waals surface area contributed by atoms with Gasteiger partial charge in [0.15, 0.2) is 8.32 Å². The van der Waals surface area contributed by atoms with E-state index in [-0.39, 0.29) is 11.1 Å². The molecule has 1 fully saturated rings. The largest absolute Gasteiger partial charge is 0.444 e. The zero-order chi connectivity index (χ0) is 21.4. The summed E-state index contributed by atoms with van der Waals surface area (Å²) in [6.45, 7) is 18.1. The van der Waals surface area contributed by atoms with Crippen molar-refractivity contribution in [1.29, 1.82) is 0 Å². The minimum Gasteiger partial charge on any atom is -0.444 e. The van der Waals surface area contributed by atoms with Crippen LogP contribution < -0.4 is 0 Å². The van der Waals surface area contributed by atoms with Crippen molar-refractivity contribution in [3.05, 3.63) is 16.1 Å². The highest BCUT2D eigenvalue weighted by atomic mass is 32.1. The molecule has 0 saturated carbocycles. The Morgan fingerprint density at radius 3 is 2.32 bits per heavy atom. The molecule has 0 radical (unpaired) electrons. The number of hydrogen-bond donors (Lipinski definition) is 1. The predicted octanol–water partition coefficient (Wildman–Crippen LogP) is 4.88. The highest BCUT2D eigenvalue weighted by Gasteiger charge is 2.40. The molecule has 1 aliphatic rings. The standard InChI is InChI=1S/C20H36N2O4SSi/c1-18(2,3)26-17(23)22-11-9-20(24,10-12-22)16-21-15(14-27-16)13-25-28(7,8)19(4,5)6/h14,24H,9-13H2,1-8H3. The quantitative estimate of drug-likeness (QED) is 0.692. The molecule has 0 spiro atoms. The third kappa shape index (κ3) is 5.78. The highest BCUT2D eigenvalue weighted by molar-refractivity contribution is 7.09. The van der Waals surface area contributed by atoms with Crippen molar-refractivity contribution >= 4 is 25.7 Å². The number of rotatable bonds is 4. The number of aromatic nitrogens is 1. The third-order valence-corrected chi connectivity index (χ3v) is 11.1. The van der Waals surface area contributed by atoms with Gasteiger partial charge in [-0.05, 0) is 38.9 Å². The lowest BCUT2D eigenvalue weighted by molar-refractivity contribution is -0.0358. The number of carbonyl (C=O) groups is 1. The van der Waals surface area contributed by atoms with E-state index in [1.165, 1.54) is 11.3 Å². The number of amides is 1. The lowest BCUT2D eigenvalue weighted by Gasteiger charge is -2.37. The van der Waals surface area contributed by atoms with Crippen LogP contribution in [0.15, 0.2) is 5.38 Å². The van der Waals surface area contributed by atoms with Crippen LogP contribution in [0.5, 0.6) is 0 Å². The Bertz CT molecular complexity index is 683.